The van der Waals surface area contributed by atoms with Gasteiger partial charge >= 0.3 is 5.97 Å². The van der Waals surface area contributed by atoms with E-state index in [9.17, 15) is 9.90 Å². The highest BCUT2D eigenvalue weighted by Gasteiger charge is 2.36. The van der Waals surface area contributed by atoms with E-state index in [4.69, 9.17) is 9.84 Å². The maximum atomic E-state index is 10.7. The van der Waals surface area contributed by atoms with Crippen LogP contribution in [0.15, 0.2) is 24.3 Å². The first kappa shape index (κ1) is 12.1. The molecule has 1 saturated heterocycles. The second-order valence-electron chi connectivity index (χ2n) is 4.59. The average Bonchev–Trinajstić information content (AvgIpc) is 2.83. The number of aliphatic hydroxyl groups is 1. The number of rotatable bonds is 3. The van der Waals surface area contributed by atoms with Gasteiger partial charge in [0.05, 0.1) is 17.8 Å². The predicted octanol–water partition coefficient (Wildman–Crippen LogP) is 1.63. The summed E-state index contributed by atoms with van der Waals surface area (Å²) in [6.45, 7) is 2.98. The van der Waals surface area contributed by atoms with Crippen molar-refractivity contribution in [2.24, 2.45) is 5.92 Å². The van der Waals surface area contributed by atoms with E-state index in [0.29, 0.717) is 13.2 Å². The van der Waals surface area contributed by atoms with E-state index in [0.717, 1.165) is 12.0 Å². The molecule has 4 heteroatoms. The summed E-state index contributed by atoms with van der Waals surface area (Å²) in [6, 6.07) is 6.37. The Bertz CT molecular complexity index is 402. The number of aromatic carboxylic acids is 1. The second-order valence-corrected chi connectivity index (χ2v) is 4.59. The molecule has 0 radical (unpaired) electrons. The van der Waals surface area contributed by atoms with Gasteiger partial charge in [0.1, 0.15) is 0 Å². The predicted molar refractivity (Wildman–Crippen MR) is 61.9 cm³/mol. The van der Waals surface area contributed by atoms with Crippen LogP contribution in [0.3, 0.4) is 0 Å². The van der Waals surface area contributed by atoms with Crippen LogP contribution in [0.5, 0.6) is 0 Å². The number of benzene rings is 1. The molecular weight excluding hydrogens is 220 g/mol. The Morgan fingerprint density at radius 2 is 2.06 bits per heavy atom. The fourth-order valence-corrected chi connectivity index (χ4v) is 2.16. The third-order valence-electron chi connectivity index (χ3n) is 3.44. The Morgan fingerprint density at radius 3 is 2.53 bits per heavy atom. The monoisotopic (exact) mass is 236 g/mol. The topological polar surface area (TPSA) is 66.8 Å². The normalized spacial score (nSPS) is 23.3. The summed E-state index contributed by atoms with van der Waals surface area (Å²) < 4.78 is 5.27. The number of hydrogen-bond donors (Lipinski definition) is 2. The molecular formula is C13H16O4. The molecule has 4 nitrogen and oxygen atoms in total. The largest absolute Gasteiger partial charge is 0.478 e. The first-order valence-electron chi connectivity index (χ1n) is 5.66. The molecule has 92 valence electrons. The van der Waals surface area contributed by atoms with Gasteiger partial charge in [-0.15, -0.1) is 0 Å². The third kappa shape index (κ3) is 2.33. The van der Waals surface area contributed by atoms with Crippen LogP contribution in [0.4, 0.5) is 0 Å². The molecule has 2 rings (SSSR count). The van der Waals surface area contributed by atoms with Crippen LogP contribution in [0.1, 0.15) is 29.3 Å². The maximum absolute atomic E-state index is 10.7. The van der Waals surface area contributed by atoms with Gasteiger partial charge in [-0.05, 0) is 31.0 Å². The molecule has 1 aliphatic heterocycles. The van der Waals surface area contributed by atoms with Gasteiger partial charge < -0.3 is 14.9 Å². The summed E-state index contributed by atoms with van der Waals surface area (Å²) in [5.41, 5.74) is -0.00158. The first-order chi connectivity index (χ1) is 8.01. The van der Waals surface area contributed by atoms with Crippen molar-refractivity contribution in [1.82, 2.24) is 0 Å². The zero-order chi connectivity index (χ0) is 12.5. The number of carboxylic acid groups (broad SMARTS) is 1. The SMILES string of the molecule is CC(O)(c1ccc(C(=O)O)cc1)C1CCOC1. The zero-order valence-electron chi connectivity index (χ0n) is 9.72. The third-order valence-corrected chi connectivity index (χ3v) is 3.44. The lowest BCUT2D eigenvalue weighted by Crippen LogP contribution is -2.32. The van der Waals surface area contributed by atoms with E-state index in [1.807, 2.05) is 0 Å². The highest BCUT2D eigenvalue weighted by Crippen LogP contribution is 2.34. The van der Waals surface area contributed by atoms with Gasteiger partial charge in [-0.1, -0.05) is 12.1 Å². The number of hydrogen-bond acceptors (Lipinski definition) is 3. The van der Waals surface area contributed by atoms with Crippen LogP contribution in [0, 0.1) is 5.92 Å². The molecule has 1 aliphatic rings. The minimum Gasteiger partial charge on any atom is -0.478 e. The summed E-state index contributed by atoms with van der Waals surface area (Å²) in [4.78, 5) is 10.7. The van der Waals surface area contributed by atoms with Crippen LogP contribution in [0.25, 0.3) is 0 Å². The molecule has 2 N–H and O–H groups in total. The standard InChI is InChI=1S/C13H16O4/c1-13(16,11-6-7-17-8-11)10-4-2-9(3-5-10)12(14)15/h2-5,11,16H,6-8H2,1H3,(H,14,15). The van der Waals surface area contributed by atoms with Crippen molar-refractivity contribution in [3.63, 3.8) is 0 Å². The molecule has 0 amide bonds. The molecule has 0 spiro atoms. The Morgan fingerprint density at radius 1 is 1.41 bits per heavy atom. The molecule has 2 atom stereocenters. The minimum atomic E-state index is -0.965. The molecule has 17 heavy (non-hydrogen) atoms. The zero-order valence-corrected chi connectivity index (χ0v) is 9.72. The van der Waals surface area contributed by atoms with Crippen LogP contribution < -0.4 is 0 Å². The fourth-order valence-electron chi connectivity index (χ4n) is 2.16. The van der Waals surface area contributed by atoms with Crippen molar-refractivity contribution >= 4 is 5.97 Å². The van der Waals surface area contributed by atoms with Crippen LogP contribution in [-0.4, -0.2) is 29.4 Å². The van der Waals surface area contributed by atoms with Gasteiger partial charge in [-0.2, -0.15) is 0 Å². The molecule has 1 heterocycles. The highest BCUT2D eigenvalue weighted by atomic mass is 16.5. The Hall–Kier alpha value is -1.39. The van der Waals surface area contributed by atoms with Gasteiger partial charge in [0.25, 0.3) is 0 Å². The highest BCUT2D eigenvalue weighted by molar-refractivity contribution is 5.87. The van der Waals surface area contributed by atoms with Crippen molar-refractivity contribution < 1.29 is 19.7 Å². The van der Waals surface area contributed by atoms with Crippen molar-refractivity contribution in [2.75, 3.05) is 13.2 Å². The lowest BCUT2D eigenvalue weighted by Gasteiger charge is -2.29. The Labute approximate surface area is 99.8 Å². The molecule has 2 unspecified atom stereocenters. The Kier molecular flexibility index (Phi) is 3.17. The minimum absolute atomic E-state index is 0.0678. The molecule has 1 aromatic rings. The summed E-state index contributed by atoms with van der Waals surface area (Å²) >= 11 is 0. The molecule has 1 aromatic carbocycles. The van der Waals surface area contributed by atoms with E-state index < -0.39 is 11.6 Å². The lowest BCUT2D eigenvalue weighted by atomic mass is 9.82. The van der Waals surface area contributed by atoms with Crippen molar-refractivity contribution in [3.05, 3.63) is 35.4 Å². The quantitative estimate of drug-likeness (QED) is 0.837. The summed E-state index contributed by atoms with van der Waals surface area (Å²) in [6.07, 6.45) is 0.827. The van der Waals surface area contributed by atoms with Gasteiger partial charge in [-0.25, -0.2) is 4.79 Å². The van der Waals surface area contributed by atoms with Crippen molar-refractivity contribution in [2.45, 2.75) is 18.9 Å². The number of carbonyl (C=O) groups is 1. The van der Waals surface area contributed by atoms with E-state index in [1.54, 1.807) is 19.1 Å². The Balaban J connectivity index is 2.23. The molecule has 0 bridgehead atoms. The fraction of sp³-hybridized carbons (Fsp3) is 0.462. The van der Waals surface area contributed by atoms with Crippen LogP contribution in [0.2, 0.25) is 0 Å². The molecule has 1 fully saturated rings. The second kappa shape index (κ2) is 4.47. The molecule has 0 saturated carbocycles. The average molecular weight is 236 g/mol. The maximum Gasteiger partial charge on any atom is 0.335 e. The summed E-state index contributed by atoms with van der Waals surface area (Å²) in [5.74, 6) is -0.890. The first-order valence-corrected chi connectivity index (χ1v) is 5.66. The number of carboxylic acids is 1. The lowest BCUT2D eigenvalue weighted by molar-refractivity contribution is -0.00975. The van der Waals surface area contributed by atoms with Crippen molar-refractivity contribution in [3.8, 4) is 0 Å². The number of ether oxygens (including phenoxy) is 1. The van der Waals surface area contributed by atoms with Gasteiger partial charge in [-0.3, -0.25) is 0 Å². The summed E-state index contributed by atoms with van der Waals surface area (Å²) in [7, 11) is 0. The smallest absolute Gasteiger partial charge is 0.335 e. The van der Waals surface area contributed by atoms with Gasteiger partial charge in [0.2, 0.25) is 0 Å². The van der Waals surface area contributed by atoms with Crippen molar-refractivity contribution in [1.29, 1.82) is 0 Å². The molecule has 0 aromatic heterocycles. The molecule has 0 aliphatic carbocycles. The van der Waals surface area contributed by atoms with Gasteiger partial charge in [0, 0.05) is 12.5 Å². The summed E-state index contributed by atoms with van der Waals surface area (Å²) in [5, 5.41) is 19.3. The van der Waals surface area contributed by atoms with Gasteiger partial charge in [0.15, 0.2) is 0 Å². The van der Waals surface area contributed by atoms with Crippen LogP contribution in [-0.2, 0) is 10.3 Å². The van der Waals surface area contributed by atoms with E-state index in [2.05, 4.69) is 0 Å². The van der Waals surface area contributed by atoms with E-state index >= 15 is 0 Å². The van der Waals surface area contributed by atoms with E-state index in [1.165, 1.54) is 12.1 Å². The van der Waals surface area contributed by atoms with E-state index in [-0.39, 0.29) is 11.5 Å². The van der Waals surface area contributed by atoms with Crippen LogP contribution >= 0.6 is 0 Å².